The van der Waals surface area contributed by atoms with Crippen LogP contribution in [0.3, 0.4) is 0 Å². The van der Waals surface area contributed by atoms with Crippen LogP contribution in [0.2, 0.25) is 0 Å². The van der Waals surface area contributed by atoms with Gasteiger partial charge in [-0.2, -0.15) is 10.4 Å². The Bertz CT molecular complexity index is 1430. The number of halogens is 2. The van der Waals surface area contributed by atoms with Gasteiger partial charge in [0.15, 0.2) is 0 Å². The van der Waals surface area contributed by atoms with Crippen LogP contribution in [0.5, 0.6) is 5.75 Å². The molecule has 0 aliphatic rings. The van der Waals surface area contributed by atoms with Crippen LogP contribution < -0.4 is 15.7 Å². The number of rotatable bonds is 7. The number of H-pyrrole nitrogens is 1. The van der Waals surface area contributed by atoms with Gasteiger partial charge in [0.05, 0.1) is 11.9 Å². The van der Waals surface area contributed by atoms with Crippen molar-refractivity contribution < 1.29 is 13.5 Å². The number of hydrogen-bond acceptors (Lipinski definition) is 6. The van der Waals surface area contributed by atoms with E-state index in [0.29, 0.717) is 16.7 Å². The molecule has 0 amide bonds. The molecule has 0 unspecified atom stereocenters. The van der Waals surface area contributed by atoms with E-state index in [1.165, 1.54) is 6.21 Å². The Morgan fingerprint density at radius 1 is 1.06 bits per heavy atom. The fraction of sp³-hybridized carbons (Fsp3) is 0.0400. The lowest BCUT2D eigenvalue weighted by molar-refractivity contribution is 0.302. The van der Waals surface area contributed by atoms with E-state index in [1.54, 1.807) is 48.5 Å². The van der Waals surface area contributed by atoms with Crippen LogP contribution in [-0.4, -0.2) is 16.2 Å². The third-order valence-corrected chi connectivity index (χ3v) is 4.74. The number of hydrogen-bond donors (Lipinski definition) is 2. The molecule has 168 valence electrons. The van der Waals surface area contributed by atoms with Gasteiger partial charge in [-0.25, -0.2) is 19.2 Å². The Labute approximate surface area is 193 Å². The highest BCUT2D eigenvalue weighted by Crippen LogP contribution is 2.20. The summed E-state index contributed by atoms with van der Waals surface area (Å²) in [5.74, 6) is -1.33. The monoisotopic (exact) mass is 457 g/mol. The van der Waals surface area contributed by atoms with E-state index < -0.39 is 17.2 Å². The van der Waals surface area contributed by atoms with Crippen LogP contribution in [0.1, 0.15) is 16.7 Å². The first-order valence-electron chi connectivity index (χ1n) is 10.1. The van der Waals surface area contributed by atoms with E-state index in [9.17, 15) is 18.8 Å². The summed E-state index contributed by atoms with van der Waals surface area (Å²) < 4.78 is 32.3. The molecule has 0 bridgehead atoms. The van der Waals surface area contributed by atoms with Gasteiger partial charge in [0.2, 0.25) is 5.95 Å². The number of ether oxygens (including phenoxy) is 1. The average Bonchev–Trinajstić information content (AvgIpc) is 2.83. The quantitative estimate of drug-likeness (QED) is 0.312. The van der Waals surface area contributed by atoms with E-state index in [1.807, 2.05) is 12.1 Å². The lowest BCUT2D eigenvalue weighted by Crippen LogP contribution is -2.16. The highest BCUT2D eigenvalue weighted by molar-refractivity contribution is 5.82. The largest absolute Gasteiger partial charge is 0.489 e. The number of aromatic amines is 1. The van der Waals surface area contributed by atoms with Crippen molar-refractivity contribution >= 4 is 12.2 Å². The first-order valence-corrected chi connectivity index (χ1v) is 10.1. The van der Waals surface area contributed by atoms with Gasteiger partial charge in [-0.05, 0) is 5.56 Å². The molecule has 9 heteroatoms. The van der Waals surface area contributed by atoms with Crippen molar-refractivity contribution in [3.8, 4) is 23.1 Å². The summed E-state index contributed by atoms with van der Waals surface area (Å²) in [5.41, 5.74) is 4.21. The maximum absolute atomic E-state index is 13.4. The van der Waals surface area contributed by atoms with Crippen molar-refractivity contribution in [1.29, 1.82) is 5.26 Å². The van der Waals surface area contributed by atoms with Crippen LogP contribution >= 0.6 is 0 Å². The number of nitriles is 1. The predicted molar refractivity (Wildman–Crippen MR) is 123 cm³/mol. The van der Waals surface area contributed by atoms with Crippen molar-refractivity contribution in [2.45, 2.75) is 6.61 Å². The molecule has 0 saturated heterocycles. The van der Waals surface area contributed by atoms with E-state index in [2.05, 4.69) is 20.5 Å². The second-order valence-electron chi connectivity index (χ2n) is 7.08. The second-order valence-corrected chi connectivity index (χ2v) is 7.08. The number of hydrazone groups is 1. The summed E-state index contributed by atoms with van der Waals surface area (Å²) >= 11 is 0. The molecule has 2 N–H and O–H groups in total. The zero-order valence-electron chi connectivity index (χ0n) is 17.6. The second kappa shape index (κ2) is 10.2. The Balaban J connectivity index is 1.53. The number of benzene rings is 3. The summed E-state index contributed by atoms with van der Waals surface area (Å²) in [6.45, 7) is 0.0508. The van der Waals surface area contributed by atoms with Crippen LogP contribution in [0, 0.1) is 23.0 Å². The van der Waals surface area contributed by atoms with Crippen molar-refractivity contribution in [1.82, 2.24) is 9.97 Å². The molecule has 0 atom stereocenters. The zero-order chi connectivity index (χ0) is 23.9. The Hall–Kier alpha value is -4.84. The number of nitrogens with zero attached hydrogens (tertiary/aromatic N) is 3. The standard InChI is InChI=1S/C25H17F2N5O2/c26-19-10-20(27)12-21(11-19)34-15-18-9-5-4-8-17(18)14-29-32-25-30-23(16-6-2-1-3-7-16)22(13-28)24(33)31-25/h1-12,14H,15H2,(H2,30,31,32,33). The topological polar surface area (TPSA) is 103 Å². The van der Waals surface area contributed by atoms with E-state index in [4.69, 9.17) is 4.74 Å². The van der Waals surface area contributed by atoms with Crippen molar-refractivity contribution in [2.24, 2.45) is 5.10 Å². The fourth-order valence-corrected chi connectivity index (χ4v) is 3.16. The van der Waals surface area contributed by atoms with Gasteiger partial charge in [0.25, 0.3) is 5.56 Å². The highest BCUT2D eigenvalue weighted by atomic mass is 19.1. The van der Waals surface area contributed by atoms with Crippen molar-refractivity contribution in [3.63, 3.8) is 0 Å². The molecule has 34 heavy (non-hydrogen) atoms. The molecule has 4 aromatic rings. The minimum absolute atomic E-state index is 0.0508. The summed E-state index contributed by atoms with van der Waals surface area (Å²) in [6.07, 6.45) is 1.49. The lowest BCUT2D eigenvalue weighted by atomic mass is 10.1. The summed E-state index contributed by atoms with van der Waals surface area (Å²) in [4.78, 5) is 19.1. The van der Waals surface area contributed by atoms with E-state index >= 15 is 0 Å². The molecule has 1 aromatic heterocycles. The van der Waals surface area contributed by atoms with Gasteiger partial charge >= 0.3 is 0 Å². The minimum atomic E-state index is -0.729. The van der Waals surface area contributed by atoms with Gasteiger partial charge in [-0.3, -0.25) is 9.78 Å². The Morgan fingerprint density at radius 2 is 1.76 bits per heavy atom. The maximum Gasteiger partial charge on any atom is 0.270 e. The first kappa shape index (κ1) is 22.4. The van der Waals surface area contributed by atoms with E-state index in [-0.39, 0.29) is 29.6 Å². The normalized spacial score (nSPS) is 10.7. The summed E-state index contributed by atoms with van der Waals surface area (Å²) in [5, 5.41) is 13.5. The molecule has 3 aromatic carbocycles. The minimum Gasteiger partial charge on any atom is -0.489 e. The lowest BCUT2D eigenvalue weighted by Gasteiger charge is -2.09. The van der Waals surface area contributed by atoms with Crippen LogP contribution in [0.25, 0.3) is 11.3 Å². The Morgan fingerprint density at radius 3 is 2.50 bits per heavy atom. The summed E-state index contributed by atoms with van der Waals surface area (Å²) in [6, 6.07) is 20.9. The molecule has 0 radical (unpaired) electrons. The van der Waals surface area contributed by atoms with Crippen LogP contribution in [0.4, 0.5) is 14.7 Å². The van der Waals surface area contributed by atoms with E-state index in [0.717, 1.165) is 18.2 Å². The SMILES string of the molecule is N#Cc1c(-c2ccccc2)nc(NN=Cc2ccccc2COc2cc(F)cc(F)c2)[nH]c1=O. The predicted octanol–water partition coefficient (Wildman–Crippen LogP) is 4.61. The average molecular weight is 457 g/mol. The number of aromatic nitrogens is 2. The molecule has 0 spiro atoms. The van der Waals surface area contributed by atoms with Crippen LogP contribution in [0.15, 0.2) is 82.7 Å². The smallest absolute Gasteiger partial charge is 0.270 e. The third kappa shape index (κ3) is 5.31. The Kier molecular flexibility index (Phi) is 6.70. The van der Waals surface area contributed by atoms with Crippen molar-refractivity contribution in [2.75, 3.05) is 5.43 Å². The fourth-order valence-electron chi connectivity index (χ4n) is 3.16. The molecule has 1 heterocycles. The molecular formula is C25H17F2N5O2. The summed E-state index contributed by atoms with van der Waals surface area (Å²) in [7, 11) is 0. The third-order valence-electron chi connectivity index (χ3n) is 4.74. The molecule has 4 rings (SSSR count). The highest BCUT2D eigenvalue weighted by Gasteiger charge is 2.13. The molecule has 0 fully saturated rings. The van der Waals surface area contributed by atoms with Gasteiger partial charge in [-0.1, -0.05) is 54.6 Å². The maximum atomic E-state index is 13.4. The molecule has 0 aliphatic carbocycles. The number of anilines is 1. The number of nitrogens with one attached hydrogen (secondary N) is 2. The molecular weight excluding hydrogens is 440 g/mol. The van der Waals surface area contributed by atoms with Gasteiger partial charge in [0.1, 0.15) is 35.6 Å². The van der Waals surface area contributed by atoms with Gasteiger partial charge in [0, 0.05) is 29.3 Å². The first-order chi connectivity index (χ1) is 16.5. The van der Waals surface area contributed by atoms with Crippen LogP contribution in [-0.2, 0) is 6.61 Å². The van der Waals surface area contributed by atoms with Crippen molar-refractivity contribution in [3.05, 3.63) is 111 Å². The molecule has 0 aliphatic heterocycles. The van der Waals surface area contributed by atoms with Gasteiger partial charge < -0.3 is 4.74 Å². The molecule has 7 nitrogen and oxygen atoms in total. The van der Waals surface area contributed by atoms with Gasteiger partial charge in [-0.15, -0.1) is 0 Å². The zero-order valence-corrected chi connectivity index (χ0v) is 17.6. The molecule has 0 saturated carbocycles.